The van der Waals surface area contributed by atoms with Gasteiger partial charge in [0.15, 0.2) is 0 Å². The van der Waals surface area contributed by atoms with E-state index in [-0.39, 0.29) is 17.9 Å². The second-order valence-corrected chi connectivity index (χ2v) is 8.50. The zero-order valence-electron chi connectivity index (χ0n) is 17.9. The van der Waals surface area contributed by atoms with Crippen LogP contribution in [0.5, 0.6) is 0 Å². The SMILES string of the molecule is NC(=O)c1ccc(N2CCC(C(=O)N3CCn4cccc4[C@@H]3c3ccccc3)CC2)nc1. The van der Waals surface area contributed by atoms with Gasteiger partial charge in [-0.2, -0.15) is 0 Å². The molecule has 0 spiro atoms. The van der Waals surface area contributed by atoms with Crippen LogP contribution in [0.15, 0.2) is 67.0 Å². The first-order valence-electron chi connectivity index (χ1n) is 11.1. The highest BCUT2D eigenvalue weighted by Crippen LogP contribution is 2.35. The van der Waals surface area contributed by atoms with E-state index in [0.29, 0.717) is 5.56 Å². The molecule has 2 aliphatic heterocycles. The van der Waals surface area contributed by atoms with E-state index in [9.17, 15) is 9.59 Å². The van der Waals surface area contributed by atoms with Gasteiger partial charge >= 0.3 is 0 Å². The number of nitrogens with zero attached hydrogens (tertiary/aromatic N) is 4. The van der Waals surface area contributed by atoms with Crippen LogP contribution in [-0.2, 0) is 11.3 Å². The van der Waals surface area contributed by atoms with Crippen molar-refractivity contribution in [1.29, 1.82) is 0 Å². The summed E-state index contributed by atoms with van der Waals surface area (Å²) in [4.78, 5) is 33.6. The van der Waals surface area contributed by atoms with E-state index in [1.807, 2.05) is 24.3 Å². The second kappa shape index (κ2) is 8.49. The van der Waals surface area contributed by atoms with Crippen LogP contribution in [0.1, 0.15) is 40.5 Å². The Hall–Kier alpha value is -3.61. The molecule has 0 radical (unpaired) electrons. The largest absolute Gasteiger partial charge is 0.366 e. The molecule has 0 aliphatic carbocycles. The van der Waals surface area contributed by atoms with Crippen molar-refractivity contribution in [2.75, 3.05) is 24.5 Å². The van der Waals surface area contributed by atoms with Crippen molar-refractivity contribution in [1.82, 2.24) is 14.5 Å². The topological polar surface area (TPSA) is 84.5 Å². The summed E-state index contributed by atoms with van der Waals surface area (Å²) in [5.41, 5.74) is 8.03. The molecular weight excluding hydrogens is 402 g/mol. The monoisotopic (exact) mass is 429 g/mol. The molecule has 2 aliphatic rings. The highest BCUT2D eigenvalue weighted by Gasteiger charge is 2.36. The number of hydrogen-bond acceptors (Lipinski definition) is 4. The van der Waals surface area contributed by atoms with Gasteiger partial charge in [-0.25, -0.2) is 4.98 Å². The number of hydrogen-bond donors (Lipinski definition) is 1. The molecule has 164 valence electrons. The van der Waals surface area contributed by atoms with Crippen molar-refractivity contribution < 1.29 is 9.59 Å². The Bertz CT molecular complexity index is 1100. The highest BCUT2D eigenvalue weighted by atomic mass is 16.2. The molecule has 1 atom stereocenters. The van der Waals surface area contributed by atoms with Crippen molar-refractivity contribution in [3.05, 3.63) is 83.8 Å². The lowest BCUT2D eigenvalue weighted by atomic mass is 9.92. The van der Waals surface area contributed by atoms with Crippen molar-refractivity contribution in [2.24, 2.45) is 11.7 Å². The number of pyridine rings is 1. The first kappa shape index (κ1) is 20.3. The van der Waals surface area contributed by atoms with Crippen LogP contribution < -0.4 is 10.6 Å². The number of carbonyl (C=O) groups excluding carboxylic acids is 2. The molecule has 1 aromatic carbocycles. The minimum Gasteiger partial charge on any atom is -0.366 e. The number of carbonyl (C=O) groups is 2. The lowest BCUT2D eigenvalue weighted by molar-refractivity contribution is -0.139. The van der Waals surface area contributed by atoms with Crippen LogP contribution in [0, 0.1) is 5.92 Å². The summed E-state index contributed by atoms with van der Waals surface area (Å²) >= 11 is 0. The summed E-state index contributed by atoms with van der Waals surface area (Å²) in [6, 6.07) is 18.0. The summed E-state index contributed by atoms with van der Waals surface area (Å²) in [5.74, 6) is 0.583. The van der Waals surface area contributed by atoms with Gasteiger partial charge in [-0.05, 0) is 42.7 Å². The number of amides is 2. The maximum Gasteiger partial charge on any atom is 0.250 e. The predicted octanol–water partition coefficient (Wildman–Crippen LogP) is 2.83. The van der Waals surface area contributed by atoms with Gasteiger partial charge in [0.1, 0.15) is 5.82 Å². The first-order chi connectivity index (χ1) is 15.6. The molecule has 7 nitrogen and oxygen atoms in total. The van der Waals surface area contributed by atoms with Gasteiger partial charge in [0, 0.05) is 50.2 Å². The molecule has 0 saturated carbocycles. The van der Waals surface area contributed by atoms with Crippen LogP contribution in [-0.4, -0.2) is 45.9 Å². The molecule has 4 heterocycles. The van der Waals surface area contributed by atoms with Gasteiger partial charge in [0.2, 0.25) is 11.8 Å². The summed E-state index contributed by atoms with van der Waals surface area (Å²) in [5, 5.41) is 0. The average molecular weight is 430 g/mol. The molecule has 0 bridgehead atoms. The second-order valence-electron chi connectivity index (χ2n) is 8.50. The fraction of sp³-hybridized carbons (Fsp3) is 0.320. The lowest BCUT2D eigenvalue weighted by Gasteiger charge is -2.41. The number of piperidine rings is 1. The van der Waals surface area contributed by atoms with Gasteiger partial charge in [-0.3, -0.25) is 9.59 Å². The van der Waals surface area contributed by atoms with E-state index in [2.05, 4.69) is 49.8 Å². The van der Waals surface area contributed by atoms with Crippen LogP contribution in [0.2, 0.25) is 0 Å². The number of primary amides is 1. The van der Waals surface area contributed by atoms with E-state index in [1.54, 1.807) is 6.07 Å². The van der Waals surface area contributed by atoms with E-state index in [1.165, 1.54) is 11.9 Å². The summed E-state index contributed by atoms with van der Waals surface area (Å²) < 4.78 is 2.26. The number of aromatic nitrogens is 2. The Morgan fingerprint density at radius 1 is 0.906 bits per heavy atom. The molecule has 7 heteroatoms. The van der Waals surface area contributed by atoms with Crippen molar-refractivity contribution in [2.45, 2.75) is 25.4 Å². The quantitative estimate of drug-likeness (QED) is 0.691. The highest BCUT2D eigenvalue weighted by molar-refractivity contribution is 5.92. The number of rotatable bonds is 4. The molecular formula is C25H27N5O2. The third kappa shape index (κ3) is 3.75. The maximum absolute atomic E-state index is 13.7. The van der Waals surface area contributed by atoms with Crippen LogP contribution >= 0.6 is 0 Å². The Balaban J connectivity index is 1.31. The van der Waals surface area contributed by atoms with E-state index < -0.39 is 5.91 Å². The van der Waals surface area contributed by atoms with Crippen LogP contribution in [0.25, 0.3) is 0 Å². The molecule has 1 saturated heterocycles. The average Bonchev–Trinajstić information content (AvgIpc) is 3.33. The zero-order valence-corrected chi connectivity index (χ0v) is 17.9. The van der Waals surface area contributed by atoms with Gasteiger partial charge in [-0.1, -0.05) is 30.3 Å². The van der Waals surface area contributed by atoms with Crippen molar-refractivity contribution in [3.63, 3.8) is 0 Å². The molecule has 32 heavy (non-hydrogen) atoms. The van der Waals surface area contributed by atoms with E-state index in [4.69, 9.17) is 5.73 Å². The number of anilines is 1. The minimum absolute atomic E-state index is 0.00358. The van der Waals surface area contributed by atoms with Crippen LogP contribution in [0.4, 0.5) is 5.82 Å². The predicted molar refractivity (Wildman–Crippen MR) is 122 cm³/mol. The zero-order chi connectivity index (χ0) is 22.1. The Kier molecular flexibility index (Phi) is 5.39. The van der Waals surface area contributed by atoms with E-state index >= 15 is 0 Å². The molecule has 5 rings (SSSR count). The molecule has 0 unspecified atom stereocenters. The van der Waals surface area contributed by atoms with E-state index in [0.717, 1.165) is 50.4 Å². The number of benzene rings is 1. The summed E-state index contributed by atoms with van der Waals surface area (Å²) in [7, 11) is 0. The van der Waals surface area contributed by atoms with Crippen molar-refractivity contribution >= 4 is 17.6 Å². The Morgan fingerprint density at radius 3 is 2.38 bits per heavy atom. The smallest absolute Gasteiger partial charge is 0.250 e. The molecule has 2 amide bonds. The summed E-state index contributed by atoms with van der Waals surface area (Å²) in [6.07, 6.45) is 5.19. The van der Waals surface area contributed by atoms with Gasteiger partial charge in [0.25, 0.3) is 0 Å². The molecule has 2 N–H and O–H groups in total. The maximum atomic E-state index is 13.7. The fourth-order valence-corrected chi connectivity index (χ4v) is 4.92. The number of fused-ring (bicyclic) bond motifs is 1. The van der Waals surface area contributed by atoms with Crippen LogP contribution in [0.3, 0.4) is 0 Å². The Morgan fingerprint density at radius 2 is 1.69 bits per heavy atom. The Labute approximate surface area is 187 Å². The normalized spacial score (nSPS) is 18.9. The third-order valence-corrected chi connectivity index (χ3v) is 6.64. The minimum atomic E-state index is -0.478. The number of nitrogens with two attached hydrogens (primary N) is 1. The van der Waals surface area contributed by atoms with Gasteiger partial charge in [0.05, 0.1) is 11.6 Å². The molecule has 3 aromatic rings. The van der Waals surface area contributed by atoms with Gasteiger partial charge in [-0.15, -0.1) is 0 Å². The third-order valence-electron chi connectivity index (χ3n) is 6.64. The molecule has 2 aromatic heterocycles. The van der Waals surface area contributed by atoms with Crippen molar-refractivity contribution in [3.8, 4) is 0 Å². The van der Waals surface area contributed by atoms with Gasteiger partial charge < -0.3 is 20.1 Å². The molecule has 1 fully saturated rings. The summed E-state index contributed by atoms with van der Waals surface area (Å²) in [6.45, 7) is 3.07. The first-order valence-corrected chi connectivity index (χ1v) is 11.1. The lowest BCUT2D eigenvalue weighted by Crippen LogP contribution is -2.47. The fourth-order valence-electron chi connectivity index (χ4n) is 4.92. The standard InChI is InChI=1S/C25H27N5O2/c26-24(31)20-8-9-22(27-17-20)29-13-10-19(11-14-29)25(32)30-16-15-28-12-4-7-21(28)23(30)18-5-2-1-3-6-18/h1-9,12,17,19,23H,10-11,13-16H2,(H2,26,31)/t23-/m0/s1.